The molecule has 0 amide bonds. The number of hydrogen-bond acceptors (Lipinski definition) is 1. The van der Waals surface area contributed by atoms with Gasteiger partial charge in [-0.3, -0.25) is 0 Å². The summed E-state index contributed by atoms with van der Waals surface area (Å²) in [6.07, 6.45) is 7.36. The highest BCUT2D eigenvalue weighted by atomic mass is 14.5. The number of nitrogens with two attached hydrogens (primary N) is 1. The number of rotatable bonds is 4. The van der Waals surface area contributed by atoms with E-state index in [-0.39, 0.29) is 0 Å². The van der Waals surface area contributed by atoms with Crippen LogP contribution >= 0.6 is 0 Å². The molecule has 15 heavy (non-hydrogen) atoms. The van der Waals surface area contributed by atoms with Crippen LogP contribution < -0.4 is 5.73 Å². The summed E-state index contributed by atoms with van der Waals surface area (Å²) in [7, 11) is 0. The van der Waals surface area contributed by atoms with E-state index in [1.165, 1.54) is 19.3 Å². The van der Waals surface area contributed by atoms with Gasteiger partial charge in [0, 0.05) is 0 Å². The Balaban J connectivity index is 2.27. The van der Waals surface area contributed by atoms with Gasteiger partial charge in [0.25, 0.3) is 0 Å². The molecular formula is C14H21N. The highest BCUT2D eigenvalue weighted by Crippen LogP contribution is 2.26. The topological polar surface area (TPSA) is 26.0 Å². The fraction of sp³-hybridized carbons (Fsp3) is 0.571. The first-order chi connectivity index (χ1) is 7.35. The second-order valence-electron chi connectivity index (χ2n) is 4.49. The summed E-state index contributed by atoms with van der Waals surface area (Å²) < 4.78 is 0. The average molecular weight is 203 g/mol. The van der Waals surface area contributed by atoms with Gasteiger partial charge in [0.1, 0.15) is 0 Å². The molecule has 0 radical (unpaired) electrons. The van der Waals surface area contributed by atoms with Gasteiger partial charge in [-0.2, -0.15) is 0 Å². The van der Waals surface area contributed by atoms with Crippen LogP contribution in [-0.2, 0) is 25.7 Å². The first-order valence-electron chi connectivity index (χ1n) is 6.18. The number of hydrogen-bond donors (Lipinski definition) is 1. The lowest BCUT2D eigenvalue weighted by Crippen LogP contribution is -2.03. The zero-order valence-electron chi connectivity index (χ0n) is 9.68. The molecule has 1 aliphatic carbocycles. The van der Waals surface area contributed by atoms with Crippen LogP contribution in [0.3, 0.4) is 0 Å². The summed E-state index contributed by atoms with van der Waals surface area (Å²) in [5.41, 5.74) is 11.9. The Morgan fingerprint density at radius 2 is 1.80 bits per heavy atom. The number of fused-ring (bicyclic) bond motifs is 1. The molecule has 2 rings (SSSR count). The van der Waals surface area contributed by atoms with Crippen LogP contribution in [-0.4, -0.2) is 6.54 Å². The van der Waals surface area contributed by atoms with Gasteiger partial charge in [0.15, 0.2) is 0 Å². The molecule has 0 saturated heterocycles. The Kier molecular flexibility index (Phi) is 3.42. The van der Waals surface area contributed by atoms with Crippen molar-refractivity contribution < 1.29 is 0 Å². The van der Waals surface area contributed by atoms with E-state index in [9.17, 15) is 0 Å². The molecular weight excluding hydrogens is 182 g/mol. The molecule has 1 aromatic rings. The summed E-state index contributed by atoms with van der Waals surface area (Å²) in [6.45, 7) is 3.06. The van der Waals surface area contributed by atoms with E-state index in [1.807, 2.05) is 0 Å². The number of benzene rings is 1. The molecule has 0 aromatic heterocycles. The standard InChI is InChI=1S/C14H21N/c1-2-11-9-13-5-3-6-14(13)10-12(11)7-4-8-15/h9-10H,2-8,15H2,1H3. The number of aryl methyl sites for hydroxylation is 4. The Bertz CT molecular complexity index is 341. The maximum atomic E-state index is 5.58. The van der Waals surface area contributed by atoms with Gasteiger partial charge in [0.05, 0.1) is 0 Å². The normalized spacial score (nSPS) is 14.3. The van der Waals surface area contributed by atoms with E-state index >= 15 is 0 Å². The summed E-state index contributed by atoms with van der Waals surface area (Å²) >= 11 is 0. The highest BCUT2D eigenvalue weighted by molar-refractivity contribution is 5.41. The molecule has 1 aromatic carbocycles. The van der Waals surface area contributed by atoms with E-state index < -0.39 is 0 Å². The van der Waals surface area contributed by atoms with Crippen molar-refractivity contribution in [3.05, 3.63) is 34.4 Å². The SMILES string of the molecule is CCc1cc2c(cc1CCCN)CCC2. The van der Waals surface area contributed by atoms with Crippen molar-refractivity contribution in [2.24, 2.45) is 5.73 Å². The van der Waals surface area contributed by atoms with Crippen molar-refractivity contribution in [1.82, 2.24) is 0 Å². The van der Waals surface area contributed by atoms with Crippen LogP contribution in [0.1, 0.15) is 42.0 Å². The fourth-order valence-electron chi connectivity index (χ4n) is 2.58. The minimum atomic E-state index is 0.806. The molecule has 1 nitrogen and oxygen atoms in total. The second-order valence-corrected chi connectivity index (χ2v) is 4.49. The quantitative estimate of drug-likeness (QED) is 0.800. The van der Waals surface area contributed by atoms with Crippen molar-refractivity contribution in [3.63, 3.8) is 0 Å². The predicted molar refractivity (Wildman–Crippen MR) is 65.2 cm³/mol. The van der Waals surface area contributed by atoms with E-state index in [0.717, 1.165) is 25.8 Å². The Hall–Kier alpha value is -0.820. The predicted octanol–water partition coefficient (Wildman–Crippen LogP) is 2.63. The molecule has 0 aliphatic heterocycles. The smallest absolute Gasteiger partial charge is 0.00741 e. The third kappa shape index (κ3) is 2.23. The van der Waals surface area contributed by atoms with Gasteiger partial charge >= 0.3 is 0 Å². The molecule has 1 aliphatic rings. The Morgan fingerprint density at radius 3 is 2.40 bits per heavy atom. The molecule has 0 saturated carbocycles. The van der Waals surface area contributed by atoms with Gasteiger partial charge in [-0.25, -0.2) is 0 Å². The minimum Gasteiger partial charge on any atom is -0.330 e. The molecule has 0 fully saturated rings. The van der Waals surface area contributed by atoms with Crippen LogP contribution in [0.5, 0.6) is 0 Å². The molecule has 0 unspecified atom stereocenters. The second kappa shape index (κ2) is 4.80. The monoisotopic (exact) mass is 203 g/mol. The van der Waals surface area contributed by atoms with Crippen molar-refractivity contribution in [2.75, 3.05) is 6.54 Å². The van der Waals surface area contributed by atoms with Gasteiger partial charge < -0.3 is 5.73 Å². The zero-order valence-corrected chi connectivity index (χ0v) is 9.68. The third-order valence-electron chi connectivity index (χ3n) is 3.45. The summed E-state index contributed by atoms with van der Waals surface area (Å²) in [6, 6.07) is 4.88. The molecule has 2 N–H and O–H groups in total. The molecule has 0 atom stereocenters. The molecule has 82 valence electrons. The lowest BCUT2D eigenvalue weighted by molar-refractivity contribution is 0.820. The van der Waals surface area contributed by atoms with Crippen molar-refractivity contribution >= 4 is 0 Å². The van der Waals surface area contributed by atoms with E-state index in [2.05, 4.69) is 19.1 Å². The minimum absolute atomic E-state index is 0.806. The van der Waals surface area contributed by atoms with E-state index in [0.29, 0.717) is 0 Å². The van der Waals surface area contributed by atoms with Crippen LogP contribution in [0.25, 0.3) is 0 Å². The maximum absolute atomic E-state index is 5.58. The van der Waals surface area contributed by atoms with Crippen molar-refractivity contribution in [2.45, 2.75) is 45.4 Å². The molecule has 0 heterocycles. The largest absolute Gasteiger partial charge is 0.330 e. The van der Waals surface area contributed by atoms with Gasteiger partial charge in [0.2, 0.25) is 0 Å². The lowest BCUT2D eigenvalue weighted by Gasteiger charge is -2.11. The van der Waals surface area contributed by atoms with Crippen LogP contribution in [0.4, 0.5) is 0 Å². The third-order valence-corrected chi connectivity index (χ3v) is 3.45. The molecule has 0 spiro atoms. The van der Waals surface area contributed by atoms with Gasteiger partial charge in [-0.15, -0.1) is 0 Å². The Morgan fingerprint density at radius 1 is 1.13 bits per heavy atom. The molecule has 0 bridgehead atoms. The van der Waals surface area contributed by atoms with Crippen molar-refractivity contribution in [1.29, 1.82) is 0 Å². The van der Waals surface area contributed by atoms with Crippen molar-refractivity contribution in [3.8, 4) is 0 Å². The van der Waals surface area contributed by atoms with Crippen LogP contribution in [0.2, 0.25) is 0 Å². The maximum Gasteiger partial charge on any atom is -0.00741 e. The Labute approximate surface area is 92.7 Å². The highest BCUT2D eigenvalue weighted by Gasteiger charge is 2.13. The van der Waals surface area contributed by atoms with E-state index in [4.69, 9.17) is 5.73 Å². The first-order valence-corrected chi connectivity index (χ1v) is 6.18. The summed E-state index contributed by atoms with van der Waals surface area (Å²) in [5, 5.41) is 0. The van der Waals surface area contributed by atoms with Gasteiger partial charge in [-0.1, -0.05) is 19.1 Å². The van der Waals surface area contributed by atoms with Crippen LogP contribution in [0, 0.1) is 0 Å². The fourth-order valence-corrected chi connectivity index (χ4v) is 2.58. The zero-order chi connectivity index (χ0) is 10.7. The average Bonchev–Trinajstić information content (AvgIpc) is 2.71. The van der Waals surface area contributed by atoms with Gasteiger partial charge in [-0.05, 0) is 67.3 Å². The van der Waals surface area contributed by atoms with Crippen LogP contribution in [0.15, 0.2) is 12.1 Å². The van der Waals surface area contributed by atoms with E-state index in [1.54, 1.807) is 22.3 Å². The first kappa shape index (κ1) is 10.7. The summed E-state index contributed by atoms with van der Waals surface area (Å²) in [4.78, 5) is 0. The summed E-state index contributed by atoms with van der Waals surface area (Å²) in [5.74, 6) is 0. The molecule has 1 heteroatoms. The lowest BCUT2D eigenvalue weighted by atomic mass is 9.95.